The highest BCUT2D eigenvalue weighted by molar-refractivity contribution is 5.79. The highest BCUT2D eigenvalue weighted by atomic mass is 16.5. The quantitative estimate of drug-likeness (QED) is 0.574. The Morgan fingerprint density at radius 2 is 2.05 bits per heavy atom. The van der Waals surface area contributed by atoms with Crippen molar-refractivity contribution >= 4 is 11.0 Å². The van der Waals surface area contributed by atoms with Crippen LogP contribution in [0.2, 0.25) is 0 Å². The van der Waals surface area contributed by atoms with Crippen LogP contribution in [0.5, 0.6) is 11.5 Å². The average Bonchev–Trinajstić information content (AvgIpc) is 2.93. The van der Waals surface area contributed by atoms with E-state index >= 15 is 0 Å². The number of hydrogen-bond acceptors (Lipinski definition) is 6. The van der Waals surface area contributed by atoms with Crippen molar-refractivity contribution in [2.24, 2.45) is 0 Å². The number of phenols is 2. The fourth-order valence-electron chi connectivity index (χ4n) is 2.33. The molecule has 0 aliphatic carbocycles. The second-order valence-corrected chi connectivity index (χ2v) is 4.60. The van der Waals surface area contributed by atoms with Gasteiger partial charge in [0.05, 0.1) is 30.1 Å². The summed E-state index contributed by atoms with van der Waals surface area (Å²) in [6.07, 6.45) is 0.0337. The van der Waals surface area contributed by atoms with Crippen LogP contribution in [0.3, 0.4) is 0 Å². The minimum atomic E-state index is -0.738. The predicted molar refractivity (Wildman–Crippen MR) is 64.7 cm³/mol. The monoisotopic (exact) mass is 266 g/mol. The molecular weight excluding hydrogens is 252 g/mol. The van der Waals surface area contributed by atoms with Crippen molar-refractivity contribution in [1.29, 1.82) is 0 Å². The van der Waals surface area contributed by atoms with E-state index in [4.69, 9.17) is 9.84 Å². The number of benzene rings is 1. The van der Waals surface area contributed by atoms with Gasteiger partial charge in [-0.3, -0.25) is 0 Å². The van der Waals surface area contributed by atoms with Crippen molar-refractivity contribution in [3.8, 4) is 11.5 Å². The molecule has 3 atom stereocenters. The van der Waals surface area contributed by atoms with Gasteiger partial charge in [0, 0.05) is 18.6 Å². The summed E-state index contributed by atoms with van der Waals surface area (Å²) < 4.78 is 7.18. The second kappa shape index (κ2) is 4.37. The Bertz CT molecular complexity index is 611. The lowest BCUT2D eigenvalue weighted by Crippen LogP contribution is -2.24. The molecule has 0 spiro atoms. The van der Waals surface area contributed by atoms with Crippen LogP contribution in [0.4, 0.5) is 0 Å². The van der Waals surface area contributed by atoms with E-state index in [9.17, 15) is 15.3 Å². The van der Waals surface area contributed by atoms with Gasteiger partial charge >= 0.3 is 0 Å². The molecule has 1 aliphatic heterocycles. The maximum absolute atomic E-state index is 9.72. The number of rotatable bonds is 2. The first-order valence-corrected chi connectivity index (χ1v) is 5.93. The molecule has 1 aromatic heterocycles. The van der Waals surface area contributed by atoms with Gasteiger partial charge in [-0.25, -0.2) is 4.98 Å². The predicted octanol–water partition coefficient (Wildman–Crippen LogP) is 0.0882. The van der Waals surface area contributed by atoms with Gasteiger partial charge in [-0.05, 0) is 0 Å². The molecule has 1 aliphatic rings. The van der Waals surface area contributed by atoms with Crippen LogP contribution in [-0.4, -0.2) is 48.8 Å². The molecule has 0 unspecified atom stereocenters. The lowest BCUT2D eigenvalue weighted by atomic mass is 10.2. The summed E-state index contributed by atoms with van der Waals surface area (Å²) in [7, 11) is 0. The van der Waals surface area contributed by atoms with Gasteiger partial charge in [0.15, 0.2) is 11.5 Å². The smallest absolute Gasteiger partial charge is 0.159 e. The SMILES string of the molecule is OC[C@H]1O[C@@H](n2cnc3cc(O)c(O)cc32)C[C@H]1O. The Balaban J connectivity index is 2.00. The number of ether oxygens (including phenoxy) is 1. The van der Waals surface area contributed by atoms with Crippen LogP contribution < -0.4 is 0 Å². The van der Waals surface area contributed by atoms with Crippen molar-refractivity contribution in [2.75, 3.05) is 6.61 Å². The molecule has 2 heterocycles. The lowest BCUT2D eigenvalue weighted by molar-refractivity contribution is -0.0430. The summed E-state index contributed by atoms with van der Waals surface area (Å²) in [5.74, 6) is -0.482. The first-order chi connectivity index (χ1) is 9.10. The Hall–Kier alpha value is -1.83. The maximum atomic E-state index is 9.72. The number of nitrogens with zero attached hydrogens (tertiary/aromatic N) is 2. The molecule has 0 saturated carbocycles. The summed E-state index contributed by atoms with van der Waals surface area (Å²) in [6.45, 7) is -0.254. The third-order valence-electron chi connectivity index (χ3n) is 3.37. The highest BCUT2D eigenvalue weighted by Gasteiger charge is 2.35. The van der Waals surface area contributed by atoms with Crippen LogP contribution in [0.1, 0.15) is 12.6 Å². The van der Waals surface area contributed by atoms with Crippen LogP contribution in [-0.2, 0) is 4.74 Å². The summed E-state index contributed by atoms with van der Waals surface area (Å²) in [6, 6.07) is 2.75. The van der Waals surface area contributed by atoms with Gasteiger partial charge in [0.2, 0.25) is 0 Å². The Morgan fingerprint density at radius 3 is 2.74 bits per heavy atom. The number of aromatic nitrogens is 2. The zero-order valence-electron chi connectivity index (χ0n) is 9.97. The summed E-state index contributed by atoms with van der Waals surface area (Å²) in [5.41, 5.74) is 1.10. The highest BCUT2D eigenvalue weighted by Crippen LogP contribution is 2.34. The van der Waals surface area contributed by atoms with Crippen LogP contribution in [0.15, 0.2) is 18.5 Å². The van der Waals surface area contributed by atoms with Crippen LogP contribution >= 0.6 is 0 Å². The minimum absolute atomic E-state index is 0.238. The van der Waals surface area contributed by atoms with Crippen molar-refractivity contribution in [3.05, 3.63) is 18.5 Å². The third kappa shape index (κ3) is 1.92. The molecule has 102 valence electrons. The van der Waals surface area contributed by atoms with E-state index in [0.717, 1.165) is 0 Å². The van der Waals surface area contributed by atoms with Crippen molar-refractivity contribution < 1.29 is 25.2 Å². The molecule has 1 aromatic carbocycles. The van der Waals surface area contributed by atoms with E-state index in [2.05, 4.69) is 4.98 Å². The zero-order chi connectivity index (χ0) is 13.6. The minimum Gasteiger partial charge on any atom is -0.504 e. The first kappa shape index (κ1) is 12.2. The Morgan fingerprint density at radius 1 is 1.32 bits per heavy atom. The normalized spacial score (nSPS) is 27.2. The van der Waals surface area contributed by atoms with Crippen LogP contribution in [0, 0.1) is 0 Å². The van der Waals surface area contributed by atoms with E-state index in [1.165, 1.54) is 18.5 Å². The topological polar surface area (TPSA) is 108 Å². The molecular formula is C12H14N2O5. The van der Waals surface area contributed by atoms with Gasteiger partial charge in [-0.2, -0.15) is 0 Å². The summed E-state index contributed by atoms with van der Waals surface area (Å²) in [5, 5.41) is 37.7. The number of fused-ring (bicyclic) bond motifs is 1. The van der Waals surface area contributed by atoms with Gasteiger partial charge < -0.3 is 29.7 Å². The lowest BCUT2D eigenvalue weighted by Gasteiger charge is -2.14. The molecule has 1 fully saturated rings. The largest absolute Gasteiger partial charge is 0.504 e. The van der Waals surface area contributed by atoms with E-state index in [1.807, 2.05) is 0 Å². The maximum Gasteiger partial charge on any atom is 0.159 e. The van der Waals surface area contributed by atoms with Crippen molar-refractivity contribution in [2.45, 2.75) is 24.9 Å². The van der Waals surface area contributed by atoms with Gasteiger partial charge in [0.1, 0.15) is 12.3 Å². The van der Waals surface area contributed by atoms with E-state index in [1.54, 1.807) is 4.57 Å². The van der Waals surface area contributed by atoms with E-state index in [-0.39, 0.29) is 18.1 Å². The molecule has 0 radical (unpaired) electrons. The third-order valence-corrected chi connectivity index (χ3v) is 3.37. The molecule has 2 aromatic rings. The average molecular weight is 266 g/mol. The van der Waals surface area contributed by atoms with Crippen molar-refractivity contribution in [1.82, 2.24) is 9.55 Å². The molecule has 0 bridgehead atoms. The van der Waals surface area contributed by atoms with E-state index in [0.29, 0.717) is 17.5 Å². The fourth-order valence-corrected chi connectivity index (χ4v) is 2.33. The Labute approximate surface area is 108 Å². The van der Waals surface area contributed by atoms with Gasteiger partial charge in [-0.1, -0.05) is 0 Å². The molecule has 4 N–H and O–H groups in total. The van der Waals surface area contributed by atoms with Crippen LogP contribution in [0.25, 0.3) is 11.0 Å². The Kier molecular flexibility index (Phi) is 2.81. The molecule has 19 heavy (non-hydrogen) atoms. The second-order valence-electron chi connectivity index (χ2n) is 4.60. The molecule has 1 saturated heterocycles. The standard InChI is InChI=1S/C12H14N2O5/c15-4-11-10(18)3-12(19-11)14-5-13-6-1-8(16)9(17)2-7(6)14/h1-2,5,10-12,15-18H,3-4H2/t10-,11-,12-/m1/s1. The number of aliphatic hydroxyl groups is 2. The van der Waals surface area contributed by atoms with Gasteiger partial charge in [-0.15, -0.1) is 0 Å². The number of imidazole rings is 1. The molecule has 3 rings (SSSR count). The fraction of sp³-hybridized carbons (Fsp3) is 0.417. The molecule has 0 amide bonds. The number of hydrogen-bond donors (Lipinski definition) is 4. The number of aliphatic hydroxyl groups excluding tert-OH is 2. The first-order valence-electron chi connectivity index (χ1n) is 5.93. The van der Waals surface area contributed by atoms with Crippen molar-refractivity contribution in [3.63, 3.8) is 0 Å². The zero-order valence-corrected chi connectivity index (χ0v) is 9.97. The summed E-state index contributed by atoms with van der Waals surface area (Å²) in [4.78, 5) is 4.11. The number of aromatic hydroxyl groups is 2. The number of phenolic OH excluding ortho intramolecular Hbond substituents is 2. The summed E-state index contributed by atoms with van der Waals surface area (Å²) >= 11 is 0. The van der Waals surface area contributed by atoms with E-state index < -0.39 is 18.4 Å². The molecule has 7 nitrogen and oxygen atoms in total. The molecule has 7 heteroatoms. The van der Waals surface area contributed by atoms with Gasteiger partial charge in [0.25, 0.3) is 0 Å².